The summed E-state index contributed by atoms with van der Waals surface area (Å²) in [5, 5.41) is 3.64. The first-order valence-corrected chi connectivity index (χ1v) is 6.45. The van der Waals surface area contributed by atoms with Crippen molar-refractivity contribution in [2.75, 3.05) is 5.88 Å². The van der Waals surface area contributed by atoms with Gasteiger partial charge in [-0.15, -0.1) is 11.6 Å². The van der Waals surface area contributed by atoms with Crippen molar-refractivity contribution in [1.82, 2.24) is 5.32 Å². The summed E-state index contributed by atoms with van der Waals surface area (Å²) in [5.74, 6) is 0.538. The quantitative estimate of drug-likeness (QED) is 0.819. The summed E-state index contributed by atoms with van der Waals surface area (Å²) in [6, 6.07) is 7.29. The SMILES string of the molecule is CC(C)(CCCl)NC(=O)Cc1ccc(Cl)cc1. The Bertz CT molecular complexity index is 374. The molecule has 0 aliphatic heterocycles. The van der Waals surface area contributed by atoms with Crippen molar-refractivity contribution >= 4 is 29.1 Å². The Hall–Kier alpha value is -0.730. The molecule has 0 unspecified atom stereocenters. The van der Waals surface area contributed by atoms with Gasteiger partial charge < -0.3 is 5.32 Å². The van der Waals surface area contributed by atoms with E-state index in [1.807, 2.05) is 26.0 Å². The van der Waals surface area contributed by atoms with Crippen molar-refractivity contribution < 1.29 is 4.79 Å². The highest BCUT2D eigenvalue weighted by molar-refractivity contribution is 6.30. The Morgan fingerprint density at radius 2 is 1.88 bits per heavy atom. The van der Waals surface area contributed by atoms with Crippen LogP contribution >= 0.6 is 23.2 Å². The molecule has 0 saturated carbocycles. The molecule has 1 aromatic carbocycles. The van der Waals surface area contributed by atoms with E-state index in [9.17, 15) is 4.79 Å². The minimum Gasteiger partial charge on any atom is -0.351 e. The zero-order chi connectivity index (χ0) is 12.9. The molecule has 1 N–H and O–H groups in total. The lowest BCUT2D eigenvalue weighted by molar-refractivity contribution is -0.122. The average Bonchev–Trinajstić information content (AvgIpc) is 2.20. The number of carbonyl (C=O) groups is 1. The van der Waals surface area contributed by atoms with Gasteiger partial charge in [0.15, 0.2) is 0 Å². The van der Waals surface area contributed by atoms with Crippen molar-refractivity contribution in [3.8, 4) is 0 Å². The number of halogens is 2. The van der Waals surface area contributed by atoms with Crippen LogP contribution in [0.1, 0.15) is 25.8 Å². The Labute approximate surface area is 112 Å². The van der Waals surface area contributed by atoms with Gasteiger partial charge in [-0.05, 0) is 38.0 Å². The molecule has 0 aliphatic carbocycles. The molecule has 1 rings (SSSR count). The first-order chi connectivity index (χ1) is 7.93. The molecule has 0 fully saturated rings. The number of rotatable bonds is 5. The average molecular weight is 274 g/mol. The molecular formula is C13H17Cl2NO. The van der Waals surface area contributed by atoms with Gasteiger partial charge in [-0.25, -0.2) is 0 Å². The third kappa shape index (κ3) is 5.42. The van der Waals surface area contributed by atoms with Crippen LogP contribution in [0.25, 0.3) is 0 Å². The molecule has 0 aliphatic rings. The zero-order valence-electron chi connectivity index (χ0n) is 10.1. The van der Waals surface area contributed by atoms with Gasteiger partial charge in [-0.2, -0.15) is 0 Å². The van der Waals surface area contributed by atoms with Crippen molar-refractivity contribution in [3.05, 3.63) is 34.9 Å². The number of nitrogens with one attached hydrogen (secondary N) is 1. The number of carbonyl (C=O) groups excluding carboxylic acids is 1. The highest BCUT2D eigenvalue weighted by Crippen LogP contribution is 2.12. The van der Waals surface area contributed by atoms with Crippen LogP contribution in [0.5, 0.6) is 0 Å². The van der Waals surface area contributed by atoms with Gasteiger partial charge in [0.1, 0.15) is 0 Å². The summed E-state index contributed by atoms with van der Waals surface area (Å²) in [5.41, 5.74) is 0.694. The first-order valence-electron chi connectivity index (χ1n) is 5.54. The van der Waals surface area contributed by atoms with E-state index < -0.39 is 0 Å². The van der Waals surface area contributed by atoms with Crippen LogP contribution in [0, 0.1) is 0 Å². The molecule has 94 valence electrons. The smallest absolute Gasteiger partial charge is 0.224 e. The molecule has 2 nitrogen and oxygen atoms in total. The second kappa shape index (κ2) is 6.27. The number of benzene rings is 1. The summed E-state index contributed by atoms with van der Waals surface area (Å²) < 4.78 is 0. The van der Waals surface area contributed by atoms with Gasteiger partial charge in [-0.3, -0.25) is 4.79 Å². The standard InChI is InChI=1S/C13H17Cl2NO/c1-13(2,7-8-14)16-12(17)9-10-3-5-11(15)6-4-10/h3-6H,7-9H2,1-2H3,(H,16,17). The molecule has 0 spiro atoms. The normalized spacial score (nSPS) is 11.3. The maximum absolute atomic E-state index is 11.8. The fourth-order valence-corrected chi connectivity index (χ4v) is 2.11. The van der Waals surface area contributed by atoms with E-state index in [0.717, 1.165) is 12.0 Å². The molecule has 0 bridgehead atoms. The second-order valence-corrected chi connectivity index (χ2v) is 5.49. The van der Waals surface area contributed by atoms with E-state index in [0.29, 0.717) is 17.3 Å². The Morgan fingerprint density at radius 3 is 2.41 bits per heavy atom. The molecule has 0 radical (unpaired) electrons. The molecule has 1 aromatic rings. The molecule has 17 heavy (non-hydrogen) atoms. The van der Waals surface area contributed by atoms with E-state index in [1.54, 1.807) is 12.1 Å². The van der Waals surface area contributed by atoms with E-state index >= 15 is 0 Å². The van der Waals surface area contributed by atoms with Gasteiger partial charge in [0.25, 0.3) is 0 Å². The lowest BCUT2D eigenvalue weighted by atomic mass is 10.0. The fraction of sp³-hybridized carbons (Fsp3) is 0.462. The minimum atomic E-state index is -0.259. The van der Waals surface area contributed by atoms with Crippen LogP contribution in [-0.4, -0.2) is 17.3 Å². The maximum Gasteiger partial charge on any atom is 0.224 e. The minimum absolute atomic E-state index is 0.00226. The predicted octanol–water partition coefficient (Wildman–Crippen LogP) is 3.41. The van der Waals surface area contributed by atoms with E-state index in [-0.39, 0.29) is 11.4 Å². The van der Waals surface area contributed by atoms with Gasteiger partial charge in [0.05, 0.1) is 6.42 Å². The molecule has 0 heterocycles. The topological polar surface area (TPSA) is 29.1 Å². The molecule has 1 amide bonds. The van der Waals surface area contributed by atoms with E-state index in [2.05, 4.69) is 5.32 Å². The van der Waals surface area contributed by atoms with Crippen LogP contribution in [0.2, 0.25) is 5.02 Å². The van der Waals surface area contributed by atoms with Crippen molar-refractivity contribution in [1.29, 1.82) is 0 Å². The second-order valence-electron chi connectivity index (χ2n) is 4.67. The first kappa shape index (κ1) is 14.3. The number of hydrogen-bond acceptors (Lipinski definition) is 1. The maximum atomic E-state index is 11.8. The van der Waals surface area contributed by atoms with Crippen molar-refractivity contribution in [2.24, 2.45) is 0 Å². The zero-order valence-corrected chi connectivity index (χ0v) is 11.6. The number of amides is 1. The Morgan fingerprint density at radius 1 is 1.29 bits per heavy atom. The van der Waals surface area contributed by atoms with Crippen LogP contribution in [-0.2, 0) is 11.2 Å². The molecule has 4 heteroatoms. The summed E-state index contributed by atoms with van der Waals surface area (Å²) in [6.45, 7) is 3.93. The van der Waals surface area contributed by atoms with Crippen molar-refractivity contribution in [2.45, 2.75) is 32.2 Å². The molecule has 0 atom stereocenters. The summed E-state index contributed by atoms with van der Waals surface area (Å²) >= 11 is 11.5. The van der Waals surface area contributed by atoms with E-state index in [4.69, 9.17) is 23.2 Å². The third-order valence-corrected chi connectivity index (χ3v) is 2.92. The van der Waals surface area contributed by atoms with Gasteiger partial charge >= 0.3 is 0 Å². The van der Waals surface area contributed by atoms with Crippen LogP contribution in [0.3, 0.4) is 0 Å². The molecular weight excluding hydrogens is 257 g/mol. The van der Waals surface area contributed by atoms with Crippen molar-refractivity contribution in [3.63, 3.8) is 0 Å². The lowest BCUT2D eigenvalue weighted by Crippen LogP contribution is -2.44. The van der Waals surface area contributed by atoms with Crippen LogP contribution in [0.4, 0.5) is 0 Å². The number of hydrogen-bond donors (Lipinski definition) is 1. The third-order valence-electron chi connectivity index (χ3n) is 2.48. The van der Waals surface area contributed by atoms with E-state index in [1.165, 1.54) is 0 Å². The monoisotopic (exact) mass is 273 g/mol. The number of alkyl halides is 1. The summed E-state index contributed by atoms with van der Waals surface area (Å²) in [4.78, 5) is 11.8. The van der Waals surface area contributed by atoms with Gasteiger partial charge in [0.2, 0.25) is 5.91 Å². The summed E-state index contributed by atoms with van der Waals surface area (Å²) in [7, 11) is 0. The lowest BCUT2D eigenvalue weighted by Gasteiger charge is -2.25. The molecule has 0 aromatic heterocycles. The van der Waals surface area contributed by atoms with Crippen LogP contribution in [0.15, 0.2) is 24.3 Å². The highest BCUT2D eigenvalue weighted by atomic mass is 35.5. The Balaban J connectivity index is 2.52. The predicted molar refractivity (Wildman–Crippen MR) is 72.7 cm³/mol. The highest BCUT2D eigenvalue weighted by Gasteiger charge is 2.19. The molecule has 0 saturated heterocycles. The summed E-state index contributed by atoms with van der Waals surface area (Å²) in [6.07, 6.45) is 1.11. The largest absolute Gasteiger partial charge is 0.351 e. The van der Waals surface area contributed by atoms with Gasteiger partial charge in [-0.1, -0.05) is 23.7 Å². The fourth-order valence-electron chi connectivity index (χ4n) is 1.51. The van der Waals surface area contributed by atoms with Gasteiger partial charge in [0, 0.05) is 16.4 Å². The Kier molecular flexibility index (Phi) is 5.29. The van der Waals surface area contributed by atoms with Crippen LogP contribution < -0.4 is 5.32 Å².